The van der Waals surface area contributed by atoms with Crippen LogP contribution in [0.2, 0.25) is 5.02 Å². The molecule has 1 aromatic heterocycles. The molecule has 3 aromatic rings. The quantitative estimate of drug-likeness (QED) is 0.500. The third-order valence-corrected chi connectivity index (χ3v) is 7.81. The van der Waals surface area contributed by atoms with E-state index in [1.54, 1.807) is 11.3 Å². The fourth-order valence-corrected chi connectivity index (χ4v) is 5.77. The van der Waals surface area contributed by atoms with Gasteiger partial charge in [0.1, 0.15) is 0 Å². The molecule has 9 heteroatoms. The predicted octanol–water partition coefficient (Wildman–Crippen LogP) is 4.39. The number of thioether (sulfide) groups is 1. The number of rotatable bonds is 7. The first-order chi connectivity index (χ1) is 15.5. The molecule has 4 rings (SSSR count). The molecule has 1 fully saturated rings. The van der Waals surface area contributed by atoms with E-state index in [1.807, 2.05) is 47.4 Å². The lowest BCUT2D eigenvalue weighted by atomic mass is 10.1. The minimum absolute atomic E-state index is 0.0165. The number of anilines is 1. The first-order valence-electron chi connectivity index (χ1n) is 10.6. The van der Waals surface area contributed by atoms with Crippen LogP contribution < -0.4 is 5.32 Å². The highest BCUT2D eigenvalue weighted by atomic mass is 35.5. The predicted molar refractivity (Wildman–Crippen MR) is 133 cm³/mol. The summed E-state index contributed by atoms with van der Waals surface area (Å²) in [6.07, 6.45) is 0.875. The van der Waals surface area contributed by atoms with E-state index in [-0.39, 0.29) is 11.8 Å². The standard InChI is InChI=1S/C23H25ClN4O2S2/c1-2-16-5-3-4-6-18(16)25-21(29)14-27-9-11-28(12-10-27)22(30)15-31-23-26-19-13-17(24)7-8-20(19)32-23/h3-8,13H,2,9-12,14-15H2,1H3,(H,25,29). The van der Waals surface area contributed by atoms with Gasteiger partial charge in [-0.25, -0.2) is 4.98 Å². The lowest BCUT2D eigenvalue weighted by Crippen LogP contribution is -2.50. The van der Waals surface area contributed by atoms with E-state index in [1.165, 1.54) is 11.8 Å². The van der Waals surface area contributed by atoms with Gasteiger partial charge in [0.05, 0.1) is 22.5 Å². The minimum atomic E-state index is -0.0165. The molecule has 0 atom stereocenters. The molecule has 1 aliphatic rings. The van der Waals surface area contributed by atoms with Gasteiger partial charge in [0.15, 0.2) is 4.34 Å². The minimum Gasteiger partial charge on any atom is -0.339 e. The molecule has 1 saturated heterocycles. The van der Waals surface area contributed by atoms with Gasteiger partial charge < -0.3 is 10.2 Å². The van der Waals surface area contributed by atoms with E-state index >= 15 is 0 Å². The maximum Gasteiger partial charge on any atom is 0.238 e. The van der Waals surface area contributed by atoms with Crippen molar-refractivity contribution in [2.75, 3.05) is 43.8 Å². The summed E-state index contributed by atoms with van der Waals surface area (Å²) in [5.74, 6) is 0.451. The fraction of sp³-hybridized carbons (Fsp3) is 0.348. The highest BCUT2D eigenvalue weighted by Crippen LogP contribution is 2.31. The Bertz CT molecular complexity index is 1110. The Balaban J connectivity index is 1.22. The zero-order valence-corrected chi connectivity index (χ0v) is 20.2. The fourth-order valence-electron chi connectivity index (χ4n) is 3.65. The molecule has 0 radical (unpaired) electrons. The molecule has 2 amide bonds. The van der Waals surface area contributed by atoms with Crippen LogP contribution >= 0.6 is 34.7 Å². The summed E-state index contributed by atoms with van der Waals surface area (Å²) in [4.78, 5) is 33.6. The van der Waals surface area contributed by atoms with Gasteiger partial charge in [0.2, 0.25) is 11.8 Å². The highest BCUT2D eigenvalue weighted by molar-refractivity contribution is 8.01. The number of fused-ring (bicyclic) bond motifs is 1. The van der Waals surface area contributed by atoms with Crippen molar-refractivity contribution >= 4 is 62.4 Å². The van der Waals surface area contributed by atoms with E-state index in [2.05, 4.69) is 22.1 Å². The Morgan fingerprint density at radius 1 is 1.16 bits per heavy atom. The Kier molecular flexibility index (Phi) is 7.67. The number of carbonyl (C=O) groups excluding carboxylic acids is 2. The lowest BCUT2D eigenvalue weighted by Gasteiger charge is -2.34. The molecule has 1 N–H and O–H groups in total. The van der Waals surface area contributed by atoms with E-state index in [0.717, 1.165) is 32.2 Å². The normalized spacial score (nSPS) is 14.6. The molecule has 0 aliphatic carbocycles. The van der Waals surface area contributed by atoms with Crippen molar-refractivity contribution in [3.63, 3.8) is 0 Å². The molecule has 168 valence electrons. The summed E-state index contributed by atoms with van der Waals surface area (Å²) in [5, 5.41) is 3.68. The van der Waals surface area contributed by atoms with Crippen LogP contribution in [0.4, 0.5) is 5.69 Å². The summed E-state index contributed by atoms with van der Waals surface area (Å²) in [5.41, 5.74) is 2.87. The molecule has 32 heavy (non-hydrogen) atoms. The van der Waals surface area contributed by atoms with Crippen LogP contribution in [-0.4, -0.2) is 65.1 Å². The van der Waals surface area contributed by atoms with Crippen LogP contribution in [0.15, 0.2) is 46.8 Å². The van der Waals surface area contributed by atoms with Gasteiger partial charge in [-0.05, 0) is 36.2 Å². The summed E-state index contributed by atoms with van der Waals surface area (Å²) >= 11 is 9.06. The van der Waals surface area contributed by atoms with Gasteiger partial charge in [0.25, 0.3) is 0 Å². The molecular formula is C23H25ClN4O2S2. The average molecular weight is 489 g/mol. The number of nitrogens with zero attached hydrogens (tertiary/aromatic N) is 3. The van der Waals surface area contributed by atoms with Crippen molar-refractivity contribution in [2.45, 2.75) is 17.7 Å². The van der Waals surface area contributed by atoms with Crippen molar-refractivity contribution in [1.29, 1.82) is 0 Å². The third-order valence-electron chi connectivity index (χ3n) is 5.41. The number of piperazine rings is 1. The van der Waals surface area contributed by atoms with E-state index < -0.39 is 0 Å². The van der Waals surface area contributed by atoms with Crippen LogP contribution in [0.3, 0.4) is 0 Å². The SMILES string of the molecule is CCc1ccccc1NC(=O)CN1CCN(C(=O)CSc2nc3cc(Cl)ccc3s2)CC1. The Morgan fingerprint density at radius 3 is 2.72 bits per heavy atom. The number of aromatic nitrogens is 1. The first kappa shape index (κ1) is 23.0. The second-order valence-electron chi connectivity index (χ2n) is 7.60. The number of halogens is 1. The Morgan fingerprint density at radius 2 is 1.94 bits per heavy atom. The number of para-hydroxylation sites is 1. The van der Waals surface area contributed by atoms with Crippen molar-refractivity contribution < 1.29 is 9.59 Å². The summed E-state index contributed by atoms with van der Waals surface area (Å²) < 4.78 is 1.94. The maximum absolute atomic E-state index is 12.6. The molecule has 1 aliphatic heterocycles. The second-order valence-corrected chi connectivity index (χ2v) is 10.3. The summed E-state index contributed by atoms with van der Waals surface area (Å²) in [6.45, 7) is 5.06. The molecule has 2 aromatic carbocycles. The Labute approximate surface area is 200 Å². The summed E-state index contributed by atoms with van der Waals surface area (Å²) in [6, 6.07) is 13.5. The molecule has 0 unspecified atom stereocenters. The second kappa shape index (κ2) is 10.7. The third kappa shape index (κ3) is 5.81. The molecule has 0 saturated carbocycles. The Hall–Kier alpha value is -2.13. The van der Waals surface area contributed by atoms with Crippen molar-refractivity contribution in [3.8, 4) is 0 Å². The van der Waals surface area contributed by atoms with Crippen LogP contribution in [0.5, 0.6) is 0 Å². The van der Waals surface area contributed by atoms with E-state index in [9.17, 15) is 9.59 Å². The molecule has 6 nitrogen and oxygen atoms in total. The monoisotopic (exact) mass is 488 g/mol. The smallest absolute Gasteiger partial charge is 0.238 e. The lowest BCUT2D eigenvalue weighted by molar-refractivity contribution is -0.130. The largest absolute Gasteiger partial charge is 0.339 e. The average Bonchev–Trinajstić information content (AvgIpc) is 3.20. The number of nitrogens with one attached hydrogen (secondary N) is 1. The van der Waals surface area contributed by atoms with Crippen LogP contribution in [0.25, 0.3) is 10.2 Å². The van der Waals surface area contributed by atoms with E-state index in [4.69, 9.17) is 11.6 Å². The molecule has 0 spiro atoms. The van der Waals surface area contributed by atoms with Crippen molar-refractivity contribution in [2.24, 2.45) is 0 Å². The number of hydrogen-bond acceptors (Lipinski definition) is 6. The van der Waals surface area contributed by atoms with Crippen LogP contribution in [0.1, 0.15) is 12.5 Å². The number of carbonyl (C=O) groups is 2. The van der Waals surface area contributed by atoms with Crippen LogP contribution in [-0.2, 0) is 16.0 Å². The first-order valence-corrected chi connectivity index (χ1v) is 12.8. The zero-order chi connectivity index (χ0) is 22.5. The van der Waals surface area contributed by atoms with Gasteiger partial charge in [-0.1, -0.05) is 48.5 Å². The molecule has 0 bridgehead atoms. The number of aryl methyl sites for hydroxylation is 1. The van der Waals surface area contributed by atoms with Gasteiger partial charge in [-0.15, -0.1) is 11.3 Å². The van der Waals surface area contributed by atoms with Crippen molar-refractivity contribution in [1.82, 2.24) is 14.8 Å². The summed E-state index contributed by atoms with van der Waals surface area (Å²) in [7, 11) is 0. The number of benzene rings is 2. The molecular weight excluding hydrogens is 464 g/mol. The van der Waals surface area contributed by atoms with Crippen LogP contribution in [0, 0.1) is 0 Å². The van der Waals surface area contributed by atoms with Gasteiger partial charge in [-0.3, -0.25) is 14.5 Å². The zero-order valence-electron chi connectivity index (χ0n) is 17.8. The topological polar surface area (TPSA) is 65.5 Å². The van der Waals surface area contributed by atoms with E-state index in [0.29, 0.717) is 43.5 Å². The van der Waals surface area contributed by atoms with Crippen molar-refractivity contribution in [3.05, 3.63) is 53.1 Å². The van der Waals surface area contributed by atoms with Gasteiger partial charge >= 0.3 is 0 Å². The maximum atomic E-state index is 12.6. The highest BCUT2D eigenvalue weighted by Gasteiger charge is 2.23. The number of amides is 2. The van der Waals surface area contributed by atoms with Gasteiger partial charge in [0, 0.05) is 36.9 Å². The number of thiazole rings is 1. The molecule has 2 heterocycles. The number of hydrogen-bond donors (Lipinski definition) is 1. The van der Waals surface area contributed by atoms with Gasteiger partial charge in [-0.2, -0.15) is 0 Å².